The molecule has 0 aromatic heterocycles. The van der Waals surface area contributed by atoms with Gasteiger partial charge < -0.3 is 15.2 Å². The first-order valence-electron chi connectivity index (χ1n) is 8.20. The van der Waals surface area contributed by atoms with Gasteiger partial charge in [0.1, 0.15) is 11.6 Å². The first kappa shape index (κ1) is 21.8. The van der Waals surface area contributed by atoms with Gasteiger partial charge in [0, 0.05) is 43.8 Å². The summed E-state index contributed by atoms with van der Waals surface area (Å²) >= 11 is 8.91. The second-order valence-corrected chi connectivity index (χ2v) is 8.35. The van der Waals surface area contributed by atoms with Crippen molar-refractivity contribution in [3.05, 3.63) is 56.5 Å². The van der Waals surface area contributed by atoms with Crippen LogP contribution in [0.3, 0.4) is 0 Å². The molecule has 0 unspecified atom stereocenters. The highest BCUT2D eigenvalue weighted by atomic mass is 79.9. The van der Waals surface area contributed by atoms with Crippen molar-refractivity contribution in [2.75, 3.05) is 20.2 Å². The second kappa shape index (κ2) is 11.4. The monoisotopic (exact) mass is 514 g/mol. The molecule has 0 bridgehead atoms. The van der Waals surface area contributed by atoms with Gasteiger partial charge in [-0.3, -0.25) is 9.79 Å². The van der Waals surface area contributed by atoms with Crippen LogP contribution in [0.2, 0.25) is 0 Å². The maximum atomic E-state index is 8.36. The predicted octanol–water partition coefficient (Wildman–Crippen LogP) is 4.95. The van der Waals surface area contributed by atoms with E-state index in [2.05, 4.69) is 66.4 Å². The number of benzene rings is 2. The fourth-order valence-corrected chi connectivity index (χ4v) is 4.32. The quantitative estimate of drug-likeness (QED) is 0.435. The maximum absolute atomic E-state index is 8.36. The molecule has 27 heavy (non-hydrogen) atoms. The molecule has 0 radical (unpaired) electrons. The minimum Gasteiger partial charge on any atom is -0.496 e. The van der Waals surface area contributed by atoms with Crippen molar-refractivity contribution in [3.8, 4) is 5.75 Å². The SMILES string of the molecule is COc1ccc(Br)cc1CSc1ccc(Br)cc1C1=NCCCN1.O=CO. The molecule has 0 fully saturated rings. The normalized spacial score (nSPS) is 12.9. The minimum atomic E-state index is -0.250. The van der Waals surface area contributed by atoms with Gasteiger partial charge in [0.05, 0.1) is 7.11 Å². The molecular formula is C19H20Br2N2O3S. The third kappa shape index (κ3) is 6.55. The van der Waals surface area contributed by atoms with Gasteiger partial charge in [-0.2, -0.15) is 0 Å². The number of hydrogen-bond acceptors (Lipinski definition) is 5. The lowest BCUT2D eigenvalue weighted by Gasteiger charge is -2.18. The van der Waals surface area contributed by atoms with E-state index >= 15 is 0 Å². The minimum absolute atomic E-state index is 0.250. The van der Waals surface area contributed by atoms with E-state index in [1.54, 1.807) is 18.9 Å². The number of amidine groups is 1. The molecule has 0 saturated heterocycles. The summed E-state index contributed by atoms with van der Waals surface area (Å²) in [5, 5.41) is 10.3. The van der Waals surface area contributed by atoms with Crippen molar-refractivity contribution >= 4 is 55.9 Å². The maximum Gasteiger partial charge on any atom is 0.290 e. The number of hydrogen-bond donors (Lipinski definition) is 2. The van der Waals surface area contributed by atoms with Gasteiger partial charge in [0.2, 0.25) is 0 Å². The third-order valence-electron chi connectivity index (χ3n) is 3.72. The van der Waals surface area contributed by atoms with Gasteiger partial charge in [-0.05, 0) is 42.8 Å². The summed E-state index contributed by atoms with van der Waals surface area (Å²) in [5.41, 5.74) is 2.33. The van der Waals surface area contributed by atoms with Gasteiger partial charge in [-0.25, -0.2) is 0 Å². The highest BCUT2D eigenvalue weighted by Crippen LogP contribution is 2.33. The van der Waals surface area contributed by atoms with Crippen LogP contribution in [-0.4, -0.2) is 37.6 Å². The summed E-state index contributed by atoms with van der Waals surface area (Å²) in [6.45, 7) is 1.62. The van der Waals surface area contributed by atoms with Gasteiger partial charge >= 0.3 is 0 Å². The number of rotatable bonds is 5. The van der Waals surface area contributed by atoms with E-state index in [4.69, 9.17) is 14.6 Å². The Balaban J connectivity index is 0.000000817. The van der Waals surface area contributed by atoms with Crippen molar-refractivity contribution in [2.24, 2.45) is 4.99 Å². The van der Waals surface area contributed by atoms with Gasteiger partial charge in [0.15, 0.2) is 0 Å². The van der Waals surface area contributed by atoms with Crippen LogP contribution >= 0.6 is 43.6 Å². The molecule has 0 atom stereocenters. The lowest BCUT2D eigenvalue weighted by Crippen LogP contribution is -2.30. The molecule has 2 aromatic rings. The molecule has 0 amide bonds. The molecule has 0 saturated carbocycles. The van der Waals surface area contributed by atoms with Gasteiger partial charge in [-0.1, -0.05) is 31.9 Å². The Kier molecular flexibility index (Phi) is 9.17. The molecule has 2 N–H and O–H groups in total. The summed E-state index contributed by atoms with van der Waals surface area (Å²) < 4.78 is 7.61. The van der Waals surface area contributed by atoms with Gasteiger partial charge in [0.25, 0.3) is 6.47 Å². The fourth-order valence-electron chi connectivity index (χ4n) is 2.54. The number of aliphatic imine (C=N–C) groups is 1. The average Bonchev–Trinajstić information content (AvgIpc) is 2.68. The molecule has 1 aliphatic heterocycles. The number of ether oxygens (including phenoxy) is 1. The number of methoxy groups -OCH3 is 1. The molecule has 8 heteroatoms. The van der Waals surface area contributed by atoms with Crippen molar-refractivity contribution in [1.82, 2.24) is 5.32 Å². The van der Waals surface area contributed by atoms with Crippen molar-refractivity contribution < 1.29 is 14.6 Å². The first-order valence-corrected chi connectivity index (χ1v) is 10.8. The van der Waals surface area contributed by atoms with Crippen LogP contribution in [-0.2, 0) is 10.5 Å². The summed E-state index contributed by atoms with van der Waals surface area (Å²) in [6.07, 6.45) is 1.09. The third-order valence-corrected chi connectivity index (χ3v) is 5.83. The Morgan fingerprint density at radius 3 is 2.63 bits per heavy atom. The van der Waals surface area contributed by atoms with Crippen molar-refractivity contribution in [1.29, 1.82) is 0 Å². The first-order chi connectivity index (χ1) is 13.1. The van der Waals surface area contributed by atoms with Crippen LogP contribution in [0.1, 0.15) is 17.5 Å². The molecule has 1 heterocycles. The Bertz CT molecular complexity index is 816. The van der Waals surface area contributed by atoms with Crippen LogP contribution in [0, 0.1) is 0 Å². The molecule has 144 valence electrons. The Morgan fingerprint density at radius 2 is 1.96 bits per heavy atom. The van der Waals surface area contributed by atoms with E-state index in [9.17, 15) is 0 Å². The number of thioether (sulfide) groups is 1. The summed E-state index contributed by atoms with van der Waals surface area (Å²) in [6, 6.07) is 12.5. The zero-order valence-corrected chi connectivity index (χ0v) is 18.7. The van der Waals surface area contributed by atoms with Crippen LogP contribution in [0.4, 0.5) is 0 Å². The zero-order chi connectivity index (χ0) is 19.6. The number of nitrogens with zero attached hydrogens (tertiary/aromatic N) is 1. The van der Waals surface area contributed by atoms with E-state index in [0.717, 1.165) is 51.4 Å². The average molecular weight is 516 g/mol. The fraction of sp³-hybridized carbons (Fsp3) is 0.263. The van der Waals surface area contributed by atoms with Crippen LogP contribution in [0.15, 0.2) is 55.2 Å². The largest absolute Gasteiger partial charge is 0.496 e. The summed E-state index contributed by atoms with van der Waals surface area (Å²) in [4.78, 5) is 14.2. The number of carboxylic acid groups (broad SMARTS) is 1. The number of nitrogens with one attached hydrogen (secondary N) is 1. The van der Waals surface area contributed by atoms with E-state index in [1.807, 2.05) is 12.1 Å². The summed E-state index contributed by atoms with van der Waals surface area (Å²) in [7, 11) is 1.71. The van der Waals surface area contributed by atoms with Crippen LogP contribution in [0.5, 0.6) is 5.75 Å². The van der Waals surface area contributed by atoms with E-state index in [0.29, 0.717) is 0 Å². The molecule has 0 spiro atoms. The number of halogens is 2. The topological polar surface area (TPSA) is 70.9 Å². The Labute approximate surface area is 179 Å². The highest BCUT2D eigenvalue weighted by molar-refractivity contribution is 9.10. The molecule has 5 nitrogen and oxygen atoms in total. The standard InChI is InChI=1S/C18H18Br2N2OS.CH2O2/c1-23-16-5-3-13(19)9-12(16)11-24-17-6-4-14(20)10-15(17)18-21-7-2-8-22-18;2-1-3/h3-6,9-10H,2,7-8,11H2,1H3,(H,21,22);1H,(H,2,3). The van der Waals surface area contributed by atoms with E-state index in [1.165, 1.54) is 10.5 Å². The lowest BCUT2D eigenvalue weighted by molar-refractivity contribution is -0.122. The van der Waals surface area contributed by atoms with Crippen LogP contribution < -0.4 is 10.1 Å². The van der Waals surface area contributed by atoms with E-state index < -0.39 is 0 Å². The van der Waals surface area contributed by atoms with E-state index in [-0.39, 0.29) is 6.47 Å². The Morgan fingerprint density at radius 1 is 1.26 bits per heavy atom. The molecule has 2 aromatic carbocycles. The van der Waals surface area contributed by atoms with Crippen LogP contribution in [0.25, 0.3) is 0 Å². The van der Waals surface area contributed by atoms with Crippen molar-refractivity contribution in [2.45, 2.75) is 17.1 Å². The predicted molar refractivity (Wildman–Crippen MR) is 117 cm³/mol. The number of carbonyl (C=O) groups is 1. The zero-order valence-electron chi connectivity index (χ0n) is 14.7. The highest BCUT2D eigenvalue weighted by Gasteiger charge is 2.14. The molecule has 0 aliphatic carbocycles. The lowest BCUT2D eigenvalue weighted by atomic mass is 10.2. The van der Waals surface area contributed by atoms with Crippen molar-refractivity contribution in [3.63, 3.8) is 0 Å². The van der Waals surface area contributed by atoms with Gasteiger partial charge in [-0.15, -0.1) is 11.8 Å². The molecule has 1 aliphatic rings. The molecular weight excluding hydrogens is 496 g/mol. The smallest absolute Gasteiger partial charge is 0.290 e. The molecule has 3 rings (SSSR count). The summed E-state index contributed by atoms with van der Waals surface area (Å²) in [5.74, 6) is 2.74. The second-order valence-electron chi connectivity index (χ2n) is 5.50. The Hall–Kier alpha value is -1.51.